The van der Waals surface area contributed by atoms with Crippen molar-refractivity contribution < 1.29 is 9.59 Å². The lowest BCUT2D eigenvalue weighted by molar-refractivity contribution is -0.122. The van der Waals surface area contributed by atoms with E-state index in [0.717, 1.165) is 11.3 Å². The van der Waals surface area contributed by atoms with Crippen molar-refractivity contribution in [3.05, 3.63) is 59.1 Å². The van der Waals surface area contributed by atoms with Crippen LogP contribution in [0.3, 0.4) is 0 Å². The van der Waals surface area contributed by atoms with Crippen LogP contribution in [-0.4, -0.2) is 11.8 Å². The quantitative estimate of drug-likeness (QED) is 0.895. The summed E-state index contributed by atoms with van der Waals surface area (Å²) >= 11 is 5.81. The molecule has 2 aromatic carbocycles. The molecule has 2 atom stereocenters. The van der Waals surface area contributed by atoms with E-state index < -0.39 is 0 Å². The lowest BCUT2D eigenvalue weighted by Gasteiger charge is -2.08. The maximum absolute atomic E-state index is 12.2. The van der Waals surface area contributed by atoms with Gasteiger partial charge in [-0.2, -0.15) is 0 Å². The minimum Gasteiger partial charge on any atom is -0.326 e. The van der Waals surface area contributed by atoms with E-state index in [1.807, 2.05) is 31.2 Å². The molecule has 2 aromatic rings. The van der Waals surface area contributed by atoms with Crippen molar-refractivity contribution >= 4 is 34.8 Å². The molecule has 0 spiro atoms. The third-order valence-corrected chi connectivity index (χ3v) is 4.23. The molecule has 0 aromatic heterocycles. The molecule has 0 heterocycles. The van der Waals surface area contributed by atoms with E-state index in [9.17, 15) is 9.59 Å². The number of para-hydroxylation sites is 1. The van der Waals surface area contributed by atoms with Crippen LogP contribution in [0.15, 0.2) is 48.5 Å². The number of anilines is 2. The molecule has 4 nitrogen and oxygen atoms in total. The van der Waals surface area contributed by atoms with Crippen molar-refractivity contribution in [3.63, 3.8) is 0 Å². The van der Waals surface area contributed by atoms with Gasteiger partial charge in [-0.1, -0.05) is 29.8 Å². The van der Waals surface area contributed by atoms with Crippen LogP contribution in [-0.2, 0) is 9.59 Å². The van der Waals surface area contributed by atoms with Crippen molar-refractivity contribution in [2.24, 2.45) is 11.8 Å². The Bertz CT molecular complexity index is 743. The highest BCUT2D eigenvalue weighted by Crippen LogP contribution is 2.40. The van der Waals surface area contributed by atoms with E-state index in [1.54, 1.807) is 24.3 Å². The molecule has 1 aliphatic carbocycles. The van der Waals surface area contributed by atoms with Crippen molar-refractivity contribution in [1.29, 1.82) is 0 Å². The van der Waals surface area contributed by atoms with Crippen LogP contribution in [0, 0.1) is 18.8 Å². The average Bonchev–Trinajstić information content (AvgIpc) is 3.32. The minimum absolute atomic E-state index is 0.101. The normalized spacial score (nSPS) is 19.0. The lowest BCUT2D eigenvalue weighted by Crippen LogP contribution is -2.20. The standard InChI is InChI=1S/C18H17ClN2O2/c1-11-4-2-3-5-16(11)21-18(23)15-10-14(15)17(22)20-13-8-6-12(19)7-9-13/h2-9,14-15H,10H2,1H3,(H,20,22)(H,21,23). The summed E-state index contributed by atoms with van der Waals surface area (Å²) in [4.78, 5) is 24.4. The third kappa shape index (κ3) is 3.71. The highest BCUT2D eigenvalue weighted by Gasteiger charge is 2.48. The van der Waals surface area contributed by atoms with Gasteiger partial charge in [0.15, 0.2) is 0 Å². The van der Waals surface area contributed by atoms with Crippen molar-refractivity contribution in [2.75, 3.05) is 10.6 Å². The molecule has 0 bridgehead atoms. The second-order valence-corrected chi connectivity index (χ2v) is 6.19. The first kappa shape index (κ1) is 15.6. The number of amides is 2. The van der Waals surface area contributed by atoms with E-state index in [1.165, 1.54) is 0 Å². The fourth-order valence-corrected chi connectivity index (χ4v) is 2.61. The number of benzene rings is 2. The summed E-state index contributed by atoms with van der Waals surface area (Å²) in [5.74, 6) is -0.760. The van der Waals surface area contributed by atoms with Crippen LogP contribution >= 0.6 is 11.6 Å². The Balaban J connectivity index is 1.56. The fourth-order valence-electron chi connectivity index (χ4n) is 2.48. The smallest absolute Gasteiger partial charge is 0.228 e. The summed E-state index contributed by atoms with van der Waals surface area (Å²) in [7, 11) is 0. The molecule has 118 valence electrons. The Kier molecular flexibility index (Phi) is 4.35. The Labute approximate surface area is 139 Å². The molecule has 23 heavy (non-hydrogen) atoms. The Morgan fingerprint density at radius 3 is 2.22 bits per heavy atom. The third-order valence-electron chi connectivity index (χ3n) is 3.98. The molecule has 1 fully saturated rings. The highest BCUT2D eigenvalue weighted by molar-refractivity contribution is 6.30. The van der Waals surface area contributed by atoms with E-state index in [4.69, 9.17) is 11.6 Å². The SMILES string of the molecule is Cc1ccccc1NC(=O)C1CC1C(=O)Nc1ccc(Cl)cc1. The van der Waals surface area contributed by atoms with Crippen LogP contribution in [0.1, 0.15) is 12.0 Å². The zero-order valence-electron chi connectivity index (χ0n) is 12.7. The van der Waals surface area contributed by atoms with Crippen molar-refractivity contribution in [1.82, 2.24) is 0 Å². The summed E-state index contributed by atoms with van der Waals surface area (Å²) in [6, 6.07) is 14.5. The number of hydrogen-bond acceptors (Lipinski definition) is 2. The fraction of sp³-hybridized carbons (Fsp3) is 0.222. The van der Waals surface area contributed by atoms with Crippen LogP contribution < -0.4 is 10.6 Å². The van der Waals surface area contributed by atoms with Gasteiger partial charge >= 0.3 is 0 Å². The number of carbonyl (C=O) groups excluding carboxylic acids is 2. The Morgan fingerprint density at radius 1 is 0.957 bits per heavy atom. The van der Waals surface area contributed by atoms with Gasteiger partial charge in [-0.05, 0) is 49.2 Å². The molecular formula is C18H17ClN2O2. The first-order valence-electron chi connectivity index (χ1n) is 7.47. The number of halogens is 1. The Morgan fingerprint density at radius 2 is 1.57 bits per heavy atom. The first-order chi connectivity index (χ1) is 11.0. The molecule has 2 unspecified atom stereocenters. The highest BCUT2D eigenvalue weighted by atomic mass is 35.5. The number of rotatable bonds is 4. The minimum atomic E-state index is -0.269. The number of hydrogen-bond donors (Lipinski definition) is 2. The van der Waals surface area contributed by atoms with Gasteiger partial charge < -0.3 is 10.6 Å². The van der Waals surface area contributed by atoms with Crippen molar-refractivity contribution in [3.8, 4) is 0 Å². The molecular weight excluding hydrogens is 312 g/mol. The number of aryl methyl sites for hydroxylation is 1. The number of carbonyl (C=O) groups is 2. The lowest BCUT2D eigenvalue weighted by atomic mass is 10.2. The molecule has 0 saturated heterocycles. The Hall–Kier alpha value is -2.33. The van der Waals surface area contributed by atoms with Gasteiger partial charge in [0.25, 0.3) is 0 Å². The van der Waals surface area contributed by atoms with E-state index in [2.05, 4.69) is 10.6 Å². The number of nitrogens with one attached hydrogen (secondary N) is 2. The molecule has 1 aliphatic rings. The molecule has 3 rings (SSSR count). The van der Waals surface area contributed by atoms with Gasteiger partial charge in [-0.3, -0.25) is 9.59 Å². The van der Waals surface area contributed by atoms with Gasteiger partial charge in [0.05, 0.1) is 11.8 Å². The van der Waals surface area contributed by atoms with Gasteiger partial charge in [-0.25, -0.2) is 0 Å². The monoisotopic (exact) mass is 328 g/mol. The molecule has 5 heteroatoms. The van der Waals surface area contributed by atoms with Gasteiger partial charge in [0.2, 0.25) is 11.8 Å². The second kappa shape index (κ2) is 6.42. The maximum atomic E-state index is 12.2. The summed E-state index contributed by atoms with van der Waals surface area (Å²) in [5.41, 5.74) is 2.48. The van der Waals surface area contributed by atoms with Gasteiger partial charge in [0.1, 0.15) is 0 Å². The largest absolute Gasteiger partial charge is 0.326 e. The van der Waals surface area contributed by atoms with Crippen LogP contribution in [0.5, 0.6) is 0 Å². The summed E-state index contributed by atoms with van der Waals surface area (Å²) in [6.07, 6.45) is 0.580. The predicted octanol–water partition coefficient (Wildman–Crippen LogP) is 3.86. The van der Waals surface area contributed by atoms with Crippen LogP contribution in [0.4, 0.5) is 11.4 Å². The molecule has 2 N–H and O–H groups in total. The zero-order valence-corrected chi connectivity index (χ0v) is 13.4. The van der Waals surface area contributed by atoms with Crippen molar-refractivity contribution in [2.45, 2.75) is 13.3 Å². The van der Waals surface area contributed by atoms with Crippen LogP contribution in [0.2, 0.25) is 5.02 Å². The topological polar surface area (TPSA) is 58.2 Å². The average molecular weight is 329 g/mol. The first-order valence-corrected chi connectivity index (χ1v) is 7.85. The summed E-state index contributed by atoms with van der Waals surface area (Å²) < 4.78 is 0. The summed E-state index contributed by atoms with van der Waals surface area (Å²) in [6.45, 7) is 1.94. The second-order valence-electron chi connectivity index (χ2n) is 5.75. The maximum Gasteiger partial charge on any atom is 0.228 e. The van der Waals surface area contributed by atoms with E-state index in [0.29, 0.717) is 17.1 Å². The molecule has 0 aliphatic heterocycles. The zero-order chi connectivity index (χ0) is 16.4. The molecule has 2 amide bonds. The molecule has 0 radical (unpaired) electrons. The predicted molar refractivity (Wildman–Crippen MR) is 91.5 cm³/mol. The summed E-state index contributed by atoms with van der Waals surface area (Å²) in [5, 5.41) is 6.32. The van der Waals surface area contributed by atoms with Gasteiger partial charge in [0, 0.05) is 16.4 Å². The molecule has 1 saturated carbocycles. The van der Waals surface area contributed by atoms with Gasteiger partial charge in [-0.15, -0.1) is 0 Å². The van der Waals surface area contributed by atoms with Crippen LogP contribution in [0.25, 0.3) is 0 Å². The van der Waals surface area contributed by atoms with E-state index >= 15 is 0 Å². The van der Waals surface area contributed by atoms with E-state index in [-0.39, 0.29) is 23.7 Å².